The van der Waals surface area contributed by atoms with Crippen LogP contribution in [-0.4, -0.2) is 50.9 Å². The number of nitrogens with zero attached hydrogens (tertiary/aromatic N) is 1. The Morgan fingerprint density at radius 2 is 2.12 bits per heavy atom. The summed E-state index contributed by atoms with van der Waals surface area (Å²) in [5, 5.41) is 9.45. The Balaban J connectivity index is 2.20. The van der Waals surface area contributed by atoms with Gasteiger partial charge in [-0.15, -0.1) is 0 Å². The van der Waals surface area contributed by atoms with E-state index < -0.39 is 12.0 Å². The maximum atomic E-state index is 12.7. The van der Waals surface area contributed by atoms with Gasteiger partial charge in [0, 0.05) is 0 Å². The van der Waals surface area contributed by atoms with E-state index in [4.69, 9.17) is 17.0 Å². The van der Waals surface area contributed by atoms with Crippen molar-refractivity contribution in [1.82, 2.24) is 4.90 Å². The molecule has 0 spiro atoms. The molecule has 0 aliphatic carbocycles. The summed E-state index contributed by atoms with van der Waals surface area (Å²) in [6.45, 7) is 2.50. The van der Waals surface area contributed by atoms with Crippen molar-refractivity contribution in [3.05, 3.63) is 34.7 Å². The van der Waals surface area contributed by atoms with Crippen molar-refractivity contribution in [2.75, 3.05) is 18.6 Å². The van der Waals surface area contributed by atoms with Crippen molar-refractivity contribution in [3.8, 4) is 5.75 Å². The van der Waals surface area contributed by atoms with Gasteiger partial charge in [-0.2, -0.15) is 11.8 Å². The largest absolute Gasteiger partial charge is 0.494 e. The highest BCUT2D eigenvalue weighted by atomic mass is 32.2. The van der Waals surface area contributed by atoms with Gasteiger partial charge in [0.1, 0.15) is 16.1 Å². The summed E-state index contributed by atoms with van der Waals surface area (Å²) in [4.78, 5) is 25.9. The van der Waals surface area contributed by atoms with E-state index in [1.54, 1.807) is 6.08 Å². The summed E-state index contributed by atoms with van der Waals surface area (Å²) < 4.78 is 5.68. The van der Waals surface area contributed by atoms with Gasteiger partial charge in [-0.25, -0.2) is 4.79 Å². The van der Waals surface area contributed by atoms with Crippen LogP contribution in [0.3, 0.4) is 0 Å². The summed E-state index contributed by atoms with van der Waals surface area (Å²) in [7, 11) is 0. The van der Waals surface area contributed by atoms with Crippen LogP contribution in [-0.2, 0) is 9.59 Å². The third-order valence-corrected chi connectivity index (χ3v) is 5.48. The summed E-state index contributed by atoms with van der Waals surface area (Å²) in [5.41, 5.74) is 0.833. The number of carboxylic acid groups (broad SMARTS) is 1. The van der Waals surface area contributed by atoms with Gasteiger partial charge in [0.05, 0.1) is 11.5 Å². The highest BCUT2D eigenvalue weighted by Gasteiger charge is 2.40. The lowest BCUT2D eigenvalue weighted by Crippen LogP contribution is -2.44. The molecule has 0 unspecified atom stereocenters. The third-order valence-electron chi connectivity index (χ3n) is 3.50. The molecular weight excluding hydrogens is 378 g/mol. The second-order valence-corrected chi connectivity index (χ2v) is 7.85. The Bertz CT molecular complexity index is 688. The molecule has 0 aromatic heterocycles. The van der Waals surface area contributed by atoms with E-state index in [0.29, 0.717) is 23.7 Å². The SMILES string of the molecule is CCOc1ccc(/C=C2\SC(=S)N([C@H](CCSC)C(=O)O)C2=O)cc1. The second kappa shape index (κ2) is 9.26. The summed E-state index contributed by atoms with van der Waals surface area (Å²) >= 11 is 7.93. The molecule has 2 rings (SSSR count). The lowest BCUT2D eigenvalue weighted by molar-refractivity contribution is -0.145. The van der Waals surface area contributed by atoms with E-state index in [1.807, 2.05) is 37.4 Å². The molecule has 8 heteroatoms. The fraction of sp³-hybridized carbons (Fsp3) is 0.353. The standard InChI is InChI=1S/C17H19NO4S3/c1-3-22-12-6-4-11(5-7-12)10-14-15(19)18(17(23)25-14)13(16(20)21)8-9-24-2/h4-7,10,13H,3,8-9H2,1-2H3,(H,20,21)/b14-10-/t13-/m1/s1. The van der Waals surface area contributed by atoms with E-state index >= 15 is 0 Å². The zero-order valence-corrected chi connectivity index (χ0v) is 16.4. The minimum Gasteiger partial charge on any atom is -0.494 e. The predicted octanol–water partition coefficient (Wildman–Crippen LogP) is 3.49. The van der Waals surface area contributed by atoms with Gasteiger partial charge in [-0.3, -0.25) is 9.69 Å². The summed E-state index contributed by atoms with van der Waals surface area (Å²) in [6, 6.07) is 6.43. The zero-order chi connectivity index (χ0) is 18.4. The normalized spacial score (nSPS) is 17.2. The maximum absolute atomic E-state index is 12.7. The Labute approximate surface area is 160 Å². The highest BCUT2D eigenvalue weighted by molar-refractivity contribution is 8.26. The molecule has 0 bridgehead atoms. The number of ether oxygens (including phenoxy) is 1. The Hall–Kier alpha value is -1.51. The van der Waals surface area contributed by atoms with Gasteiger partial charge < -0.3 is 9.84 Å². The molecule has 5 nitrogen and oxygen atoms in total. The number of hydrogen-bond acceptors (Lipinski definition) is 6. The fourth-order valence-electron chi connectivity index (χ4n) is 2.32. The van der Waals surface area contributed by atoms with Crippen LogP contribution in [0, 0.1) is 0 Å². The van der Waals surface area contributed by atoms with Crippen LogP contribution < -0.4 is 4.74 Å². The molecule has 0 saturated carbocycles. The summed E-state index contributed by atoms with van der Waals surface area (Å²) in [5.74, 6) is 0.0200. The average molecular weight is 398 g/mol. The highest BCUT2D eigenvalue weighted by Crippen LogP contribution is 2.35. The van der Waals surface area contributed by atoms with E-state index in [1.165, 1.54) is 16.7 Å². The maximum Gasteiger partial charge on any atom is 0.326 e. The fourth-order valence-corrected chi connectivity index (χ4v) is 4.14. The molecule has 1 saturated heterocycles. The van der Waals surface area contributed by atoms with Gasteiger partial charge in [-0.05, 0) is 49.1 Å². The number of carboxylic acids is 1. The monoisotopic (exact) mass is 397 g/mol. The minimum absolute atomic E-state index is 0.288. The van der Waals surface area contributed by atoms with Gasteiger partial charge >= 0.3 is 5.97 Å². The van der Waals surface area contributed by atoms with Gasteiger partial charge in [-0.1, -0.05) is 36.1 Å². The van der Waals surface area contributed by atoms with Crippen LogP contribution in [0.25, 0.3) is 6.08 Å². The first-order chi connectivity index (χ1) is 12.0. The molecule has 25 heavy (non-hydrogen) atoms. The lowest BCUT2D eigenvalue weighted by Gasteiger charge is -2.22. The summed E-state index contributed by atoms with van der Waals surface area (Å²) in [6.07, 6.45) is 3.98. The van der Waals surface area contributed by atoms with Gasteiger partial charge in [0.2, 0.25) is 0 Å². The van der Waals surface area contributed by atoms with Crippen molar-refractivity contribution in [1.29, 1.82) is 0 Å². The van der Waals surface area contributed by atoms with E-state index in [0.717, 1.165) is 23.1 Å². The quantitative estimate of drug-likeness (QED) is 0.532. The number of carbonyl (C=O) groups excluding carboxylic acids is 1. The van der Waals surface area contributed by atoms with Crippen molar-refractivity contribution in [2.24, 2.45) is 0 Å². The number of rotatable bonds is 8. The number of carbonyl (C=O) groups is 2. The van der Waals surface area contributed by atoms with Gasteiger partial charge in [0.25, 0.3) is 5.91 Å². The van der Waals surface area contributed by atoms with E-state index in [9.17, 15) is 14.7 Å². The lowest BCUT2D eigenvalue weighted by atomic mass is 10.1. The molecule has 1 atom stereocenters. The average Bonchev–Trinajstić information content (AvgIpc) is 2.84. The predicted molar refractivity (Wildman–Crippen MR) is 107 cm³/mol. The minimum atomic E-state index is -1.03. The Morgan fingerprint density at radius 1 is 1.44 bits per heavy atom. The first-order valence-corrected chi connectivity index (χ1v) is 10.3. The molecule has 134 valence electrons. The Kier molecular flexibility index (Phi) is 7.34. The molecule has 1 N–H and O–H groups in total. The van der Waals surface area contributed by atoms with Crippen molar-refractivity contribution in [3.63, 3.8) is 0 Å². The van der Waals surface area contributed by atoms with Crippen LogP contribution in [0.1, 0.15) is 18.9 Å². The topological polar surface area (TPSA) is 66.8 Å². The van der Waals surface area contributed by atoms with Crippen LogP contribution in [0.4, 0.5) is 0 Å². The molecule has 1 aliphatic rings. The number of thiocarbonyl (C=S) groups is 1. The number of hydrogen-bond donors (Lipinski definition) is 1. The number of amides is 1. The van der Waals surface area contributed by atoms with Crippen molar-refractivity contribution in [2.45, 2.75) is 19.4 Å². The first kappa shape index (κ1) is 19.8. The van der Waals surface area contributed by atoms with E-state index in [2.05, 4.69) is 0 Å². The molecule has 1 amide bonds. The number of benzene rings is 1. The number of thioether (sulfide) groups is 2. The van der Waals surface area contributed by atoms with Crippen molar-refractivity contribution < 1.29 is 19.4 Å². The van der Waals surface area contributed by atoms with Crippen molar-refractivity contribution >= 4 is 58.0 Å². The van der Waals surface area contributed by atoms with Crippen LogP contribution >= 0.6 is 35.7 Å². The second-order valence-electron chi connectivity index (χ2n) is 5.19. The molecule has 1 aromatic carbocycles. The van der Waals surface area contributed by atoms with Gasteiger partial charge in [0.15, 0.2) is 0 Å². The van der Waals surface area contributed by atoms with E-state index in [-0.39, 0.29) is 10.2 Å². The van der Waals surface area contributed by atoms with Crippen LogP contribution in [0.2, 0.25) is 0 Å². The Morgan fingerprint density at radius 3 is 2.68 bits per heavy atom. The molecule has 1 heterocycles. The molecule has 1 aliphatic heterocycles. The van der Waals surface area contributed by atoms with Crippen LogP contribution in [0.15, 0.2) is 29.2 Å². The van der Waals surface area contributed by atoms with Crippen LogP contribution in [0.5, 0.6) is 5.75 Å². The molecule has 1 fully saturated rings. The number of aliphatic carboxylic acids is 1. The smallest absolute Gasteiger partial charge is 0.326 e. The molecular formula is C17H19NO4S3. The third kappa shape index (κ3) is 4.99. The molecule has 1 aromatic rings. The molecule has 0 radical (unpaired) electrons. The first-order valence-electron chi connectivity index (χ1n) is 7.69. The zero-order valence-electron chi connectivity index (χ0n) is 13.9.